The van der Waals surface area contributed by atoms with Crippen LogP contribution in [0.3, 0.4) is 0 Å². The van der Waals surface area contributed by atoms with Crippen LogP contribution in [0.25, 0.3) is 0 Å². The summed E-state index contributed by atoms with van der Waals surface area (Å²) in [6, 6.07) is -0.730. The molecule has 0 aliphatic heterocycles. The first-order valence-electron chi connectivity index (χ1n) is 6.40. The molecule has 0 unspecified atom stereocenters. The maximum absolute atomic E-state index is 11.4. The molecule has 0 aromatic heterocycles. The zero-order chi connectivity index (χ0) is 15.5. The van der Waals surface area contributed by atoms with Crippen molar-refractivity contribution in [1.82, 2.24) is 15.5 Å². The van der Waals surface area contributed by atoms with Gasteiger partial charge >= 0.3 is 12.0 Å². The number of carbonyl (C=O) groups excluding carboxylic acids is 3. The van der Waals surface area contributed by atoms with Gasteiger partial charge in [-0.05, 0) is 19.8 Å². The molecule has 0 bridgehead atoms. The number of nitrogens with one attached hydrogen (secondary N) is 2. The molecule has 0 aliphatic carbocycles. The van der Waals surface area contributed by atoms with E-state index in [9.17, 15) is 19.2 Å². The van der Waals surface area contributed by atoms with Gasteiger partial charge in [0.25, 0.3) is 0 Å². The number of rotatable bonds is 8. The first-order valence-corrected chi connectivity index (χ1v) is 6.40. The minimum Gasteiger partial charge on any atom is -0.481 e. The van der Waals surface area contributed by atoms with Gasteiger partial charge in [-0.1, -0.05) is 0 Å². The molecular weight excluding hydrogens is 266 g/mol. The summed E-state index contributed by atoms with van der Waals surface area (Å²) in [6.45, 7) is 2.16. The van der Waals surface area contributed by atoms with Crippen molar-refractivity contribution in [2.24, 2.45) is 0 Å². The minimum atomic E-state index is -0.915. The van der Waals surface area contributed by atoms with E-state index in [0.29, 0.717) is 19.4 Å². The molecule has 0 aromatic carbocycles. The van der Waals surface area contributed by atoms with Crippen molar-refractivity contribution >= 4 is 23.8 Å². The van der Waals surface area contributed by atoms with Crippen LogP contribution in [0.2, 0.25) is 0 Å². The number of amides is 4. The Morgan fingerprint density at radius 2 is 1.70 bits per heavy atom. The molecule has 0 spiro atoms. The number of likely N-dealkylation sites (N-methyl/N-ethyl adjacent to an activating group) is 1. The van der Waals surface area contributed by atoms with Gasteiger partial charge in [0.05, 0.1) is 6.54 Å². The quantitative estimate of drug-likeness (QED) is 0.541. The largest absolute Gasteiger partial charge is 0.481 e. The summed E-state index contributed by atoms with van der Waals surface area (Å²) in [5.41, 5.74) is 0. The standard InChI is InChI=1S/C12H21N3O5/c1-3-15(2)10(17)8-13-12(20)14-9(16)6-4-5-7-11(18)19/h3-8H2,1-2H3,(H,18,19)(H2,13,14,16,20). The molecule has 0 heterocycles. The lowest BCUT2D eigenvalue weighted by atomic mass is 10.2. The van der Waals surface area contributed by atoms with Gasteiger partial charge in [-0.3, -0.25) is 19.7 Å². The Balaban J connectivity index is 3.77. The van der Waals surface area contributed by atoms with E-state index in [4.69, 9.17) is 5.11 Å². The predicted octanol–water partition coefficient (Wildman–Crippen LogP) is -0.0645. The smallest absolute Gasteiger partial charge is 0.321 e. The zero-order valence-electron chi connectivity index (χ0n) is 11.8. The molecule has 0 aromatic rings. The molecule has 8 heteroatoms. The lowest BCUT2D eigenvalue weighted by Crippen LogP contribution is -2.44. The topological polar surface area (TPSA) is 116 Å². The van der Waals surface area contributed by atoms with Gasteiger partial charge in [0.15, 0.2) is 0 Å². The Bertz CT molecular complexity index is 370. The highest BCUT2D eigenvalue weighted by molar-refractivity contribution is 5.95. The van der Waals surface area contributed by atoms with Crippen LogP contribution in [-0.4, -0.2) is 54.0 Å². The van der Waals surface area contributed by atoms with Crippen LogP contribution in [0.5, 0.6) is 0 Å². The number of imide groups is 1. The first-order chi connectivity index (χ1) is 9.36. The number of hydrogen-bond acceptors (Lipinski definition) is 4. The van der Waals surface area contributed by atoms with E-state index in [1.165, 1.54) is 4.90 Å². The van der Waals surface area contributed by atoms with Gasteiger partial charge in [-0.25, -0.2) is 4.79 Å². The molecule has 20 heavy (non-hydrogen) atoms. The van der Waals surface area contributed by atoms with E-state index >= 15 is 0 Å². The highest BCUT2D eigenvalue weighted by Crippen LogP contribution is 1.99. The first kappa shape index (κ1) is 17.9. The summed E-state index contributed by atoms with van der Waals surface area (Å²) in [4.78, 5) is 45.7. The summed E-state index contributed by atoms with van der Waals surface area (Å²) in [7, 11) is 1.61. The van der Waals surface area contributed by atoms with Gasteiger partial charge in [0, 0.05) is 26.4 Å². The molecule has 0 atom stereocenters. The van der Waals surface area contributed by atoms with Gasteiger partial charge in [0.1, 0.15) is 0 Å². The Morgan fingerprint density at radius 3 is 2.25 bits per heavy atom. The van der Waals surface area contributed by atoms with Crippen LogP contribution in [-0.2, 0) is 14.4 Å². The molecule has 0 saturated heterocycles. The van der Waals surface area contributed by atoms with E-state index < -0.39 is 17.9 Å². The van der Waals surface area contributed by atoms with Crippen molar-refractivity contribution in [2.45, 2.75) is 32.6 Å². The van der Waals surface area contributed by atoms with Crippen molar-refractivity contribution in [3.63, 3.8) is 0 Å². The lowest BCUT2D eigenvalue weighted by molar-refractivity contribution is -0.137. The van der Waals surface area contributed by atoms with Gasteiger partial charge in [-0.2, -0.15) is 0 Å². The summed E-state index contributed by atoms with van der Waals surface area (Å²) in [5, 5.41) is 12.8. The fourth-order valence-electron chi connectivity index (χ4n) is 1.26. The Morgan fingerprint density at radius 1 is 1.10 bits per heavy atom. The second kappa shape index (κ2) is 9.76. The van der Waals surface area contributed by atoms with E-state index in [1.54, 1.807) is 14.0 Å². The van der Waals surface area contributed by atoms with E-state index in [1.807, 2.05) is 0 Å². The lowest BCUT2D eigenvalue weighted by Gasteiger charge is -2.14. The summed E-state index contributed by atoms with van der Waals surface area (Å²) < 4.78 is 0. The van der Waals surface area contributed by atoms with Crippen LogP contribution in [0, 0.1) is 0 Å². The molecule has 0 fully saturated rings. The van der Waals surface area contributed by atoms with Gasteiger partial charge in [-0.15, -0.1) is 0 Å². The summed E-state index contributed by atoms with van der Waals surface area (Å²) in [5.74, 6) is -1.66. The van der Waals surface area contributed by atoms with Crippen molar-refractivity contribution in [3.05, 3.63) is 0 Å². The predicted molar refractivity (Wildman–Crippen MR) is 71.0 cm³/mol. The molecule has 0 aliphatic rings. The number of carboxylic acid groups (broad SMARTS) is 1. The van der Waals surface area contributed by atoms with Gasteiger partial charge < -0.3 is 15.3 Å². The molecule has 114 valence electrons. The highest BCUT2D eigenvalue weighted by Gasteiger charge is 2.11. The average Bonchev–Trinajstić information content (AvgIpc) is 2.39. The fourth-order valence-corrected chi connectivity index (χ4v) is 1.26. The Labute approximate surface area is 117 Å². The number of carbonyl (C=O) groups is 4. The Hall–Kier alpha value is -2.12. The van der Waals surface area contributed by atoms with Crippen LogP contribution in [0.4, 0.5) is 4.79 Å². The second-order valence-electron chi connectivity index (χ2n) is 4.24. The number of aliphatic carboxylic acids is 1. The monoisotopic (exact) mass is 287 g/mol. The third-order valence-corrected chi connectivity index (χ3v) is 2.60. The number of urea groups is 1. The summed E-state index contributed by atoms with van der Waals surface area (Å²) >= 11 is 0. The van der Waals surface area contributed by atoms with Crippen molar-refractivity contribution in [3.8, 4) is 0 Å². The maximum atomic E-state index is 11.4. The SMILES string of the molecule is CCN(C)C(=O)CNC(=O)NC(=O)CCCCC(=O)O. The van der Waals surface area contributed by atoms with Crippen molar-refractivity contribution < 1.29 is 24.3 Å². The Kier molecular flexibility index (Phi) is 8.73. The molecule has 0 radical (unpaired) electrons. The summed E-state index contributed by atoms with van der Waals surface area (Å²) in [6.07, 6.45) is 0.841. The van der Waals surface area contributed by atoms with Crippen molar-refractivity contribution in [1.29, 1.82) is 0 Å². The van der Waals surface area contributed by atoms with Gasteiger partial charge in [0.2, 0.25) is 11.8 Å². The zero-order valence-corrected chi connectivity index (χ0v) is 11.8. The molecular formula is C12H21N3O5. The number of nitrogens with zero attached hydrogens (tertiary/aromatic N) is 1. The molecule has 3 N–H and O–H groups in total. The van der Waals surface area contributed by atoms with Crippen LogP contribution >= 0.6 is 0 Å². The minimum absolute atomic E-state index is 0.00265. The molecule has 0 saturated carbocycles. The molecule has 0 rings (SSSR count). The normalized spacial score (nSPS) is 9.70. The average molecular weight is 287 g/mol. The third-order valence-electron chi connectivity index (χ3n) is 2.60. The van der Waals surface area contributed by atoms with E-state index in [0.717, 1.165) is 0 Å². The fraction of sp³-hybridized carbons (Fsp3) is 0.667. The van der Waals surface area contributed by atoms with E-state index in [2.05, 4.69) is 10.6 Å². The van der Waals surface area contributed by atoms with Crippen LogP contribution in [0.1, 0.15) is 32.6 Å². The van der Waals surface area contributed by atoms with E-state index in [-0.39, 0.29) is 25.3 Å². The second-order valence-corrected chi connectivity index (χ2v) is 4.24. The van der Waals surface area contributed by atoms with Crippen molar-refractivity contribution in [2.75, 3.05) is 20.1 Å². The number of carboxylic acids is 1. The molecule has 4 amide bonds. The highest BCUT2D eigenvalue weighted by atomic mass is 16.4. The number of hydrogen-bond donors (Lipinski definition) is 3. The maximum Gasteiger partial charge on any atom is 0.321 e. The van der Waals surface area contributed by atoms with Crippen LogP contribution in [0.15, 0.2) is 0 Å². The molecule has 8 nitrogen and oxygen atoms in total. The third kappa shape index (κ3) is 8.90. The number of unbranched alkanes of at least 4 members (excludes halogenated alkanes) is 1. The van der Waals surface area contributed by atoms with Crippen LogP contribution < -0.4 is 10.6 Å².